The lowest BCUT2D eigenvalue weighted by molar-refractivity contribution is 0.415. The average Bonchev–Trinajstić information content (AvgIpc) is 3.01. The SMILES string of the molecule is CSNC1CCc2c(c(=O)n(C(C)C)n2C)C1Cc1cccc(-c2ccccc2)c1. The molecule has 2 atom stereocenters. The van der Waals surface area contributed by atoms with E-state index in [1.165, 1.54) is 22.4 Å². The fraction of sp³-hybridized carbons (Fsp3) is 0.400. The number of benzene rings is 2. The number of nitrogens with zero attached hydrogens (tertiary/aromatic N) is 2. The van der Waals surface area contributed by atoms with Gasteiger partial charge in [-0.2, -0.15) is 0 Å². The Morgan fingerprint density at radius 3 is 2.53 bits per heavy atom. The van der Waals surface area contributed by atoms with Gasteiger partial charge in [0.1, 0.15) is 0 Å². The number of aromatic nitrogens is 2. The fourth-order valence-corrected chi connectivity index (χ4v) is 5.52. The van der Waals surface area contributed by atoms with Crippen LogP contribution < -0.4 is 10.3 Å². The molecule has 0 saturated carbocycles. The minimum Gasteiger partial charge on any atom is -0.289 e. The summed E-state index contributed by atoms with van der Waals surface area (Å²) in [6, 6.07) is 19.7. The number of rotatable bonds is 6. The Morgan fingerprint density at radius 2 is 1.83 bits per heavy atom. The van der Waals surface area contributed by atoms with Gasteiger partial charge in [-0.25, -0.2) is 4.68 Å². The van der Waals surface area contributed by atoms with Crippen LogP contribution in [0, 0.1) is 0 Å². The minimum absolute atomic E-state index is 0.155. The van der Waals surface area contributed by atoms with Crippen LogP contribution in [0.4, 0.5) is 0 Å². The molecule has 0 radical (unpaired) electrons. The lowest BCUT2D eigenvalue weighted by Crippen LogP contribution is -2.38. The Labute approximate surface area is 183 Å². The Kier molecular flexibility index (Phi) is 6.21. The first-order chi connectivity index (χ1) is 14.5. The molecule has 0 saturated heterocycles. The standard InChI is InChI=1S/C25H31N3OS/c1-17(2)28-25(29)24-21(22(26-30-4)13-14-23(24)27(28)3)16-18-9-8-12-20(15-18)19-10-6-5-7-11-19/h5-12,15,17,21-22,26H,13-14,16H2,1-4H3. The first-order valence-electron chi connectivity index (χ1n) is 10.7. The van der Waals surface area contributed by atoms with E-state index in [4.69, 9.17) is 0 Å². The zero-order chi connectivity index (χ0) is 21.3. The summed E-state index contributed by atoms with van der Waals surface area (Å²) in [7, 11) is 2.04. The minimum atomic E-state index is 0.155. The van der Waals surface area contributed by atoms with Gasteiger partial charge in [0.2, 0.25) is 0 Å². The highest BCUT2D eigenvalue weighted by molar-refractivity contribution is 7.96. The normalized spacial score (nSPS) is 18.6. The molecule has 2 unspecified atom stereocenters. The maximum atomic E-state index is 13.4. The van der Waals surface area contributed by atoms with Crippen molar-refractivity contribution < 1.29 is 0 Å². The summed E-state index contributed by atoms with van der Waals surface area (Å²) in [5.41, 5.74) is 6.13. The zero-order valence-corrected chi connectivity index (χ0v) is 19.1. The van der Waals surface area contributed by atoms with Gasteiger partial charge in [0.15, 0.2) is 0 Å². The molecule has 1 N–H and O–H groups in total. The van der Waals surface area contributed by atoms with Crippen molar-refractivity contribution in [3.05, 3.63) is 81.8 Å². The second-order valence-corrected chi connectivity index (χ2v) is 9.12. The first-order valence-corrected chi connectivity index (χ1v) is 12.0. The monoisotopic (exact) mass is 421 g/mol. The van der Waals surface area contributed by atoms with E-state index < -0.39 is 0 Å². The van der Waals surface area contributed by atoms with E-state index in [1.54, 1.807) is 11.9 Å². The quantitative estimate of drug-likeness (QED) is 0.573. The van der Waals surface area contributed by atoms with E-state index in [2.05, 4.69) is 78.0 Å². The Balaban J connectivity index is 1.74. The van der Waals surface area contributed by atoms with E-state index >= 15 is 0 Å². The van der Waals surface area contributed by atoms with Crippen molar-refractivity contribution in [2.45, 2.75) is 51.1 Å². The molecule has 0 fully saturated rings. The average molecular weight is 422 g/mol. The van der Waals surface area contributed by atoms with Gasteiger partial charge in [-0.3, -0.25) is 14.2 Å². The highest BCUT2D eigenvalue weighted by Crippen LogP contribution is 2.34. The maximum absolute atomic E-state index is 13.4. The predicted octanol–water partition coefficient (Wildman–Crippen LogP) is 4.94. The molecule has 0 bridgehead atoms. The van der Waals surface area contributed by atoms with E-state index in [0.717, 1.165) is 24.8 Å². The summed E-state index contributed by atoms with van der Waals surface area (Å²) in [5.74, 6) is 0.172. The highest BCUT2D eigenvalue weighted by atomic mass is 32.2. The summed E-state index contributed by atoms with van der Waals surface area (Å²) in [4.78, 5) is 13.4. The summed E-state index contributed by atoms with van der Waals surface area (Å²) in [6.45, 7) is 4.17. The van der Waals surface area contributed by atoms with Crippen molar-refractivity contribution in [1.82, 2.24) is 14.1 Å². The number of hydrogen-bond donors (Lipinski definition) is 1. The summed E-state index contributed by atoms with van der Waals surface area (Å²) >= 11 is 1.65. The molecule has 30 heavy (non-hydrogen) atoms. The molecule has 1 aliphatic rings. The van der Waals surface area contributed by atoms with Gasteiger partial charge < -0.3 is 0 Å². The molecule has 1 heterocycles. The Bertz CT molecular complexity index is 1070. The summed E-state index contributed by atoms with van der Waals surface area (Å²) in [6.07, 6.45) is 4.93. The third kappa shape index (κ3) is 3.88. The van der Waals surface area contributed by atoms with Crippen molar-refractivity contribution in [3.63, 3.8) is 0 Å². The van der Waals surface area contributed by atoms with Crippen LogP contribution >= 0.6 is 11.9 Å². The first kappa shape index (κ1) is 21.0. The molecule has 0 amide bonds. The van der Waals surface area contributed by atoms with Gasteiger partial charge >= 0.3 is 0 Å². The molecule has 5 heteroatoms. The summed E-state index contributed by atoms with van der Waals surface area (Å²) < 4.78 is 7.60. The zero-order valence-electron chi connectivity index (χ0n) is 18.3. The third-order valence-electron chi connectivity index (χ3n) is 6.26. The number of nitrogens with one attached hydrogen (secondary N) is 1. The second-order valence-electron chi connectivity index (χ2n) is 8.47. The molecule has 0 spiro atoms. The third-order valence-corrected chi connectivity index (χ3v) is 6.80. The Morgan fingerprint density at radius 1 is 1.10 bits per heavy atom. The molecule has 158 valence electrons. The molecule has 0 aliphatic heterocycles. The van der Waals surface area contributed by atoms with Crippen LogP contribution in [0.25, 0.3) is 11.1 Å². The molecule has 1 aliphatic carbocycles. The van der Waals surface area contributed by atoms with Crippen LogP contribution in [0.2, 0.25) is 0 Å². The Hall–Kier alpha value is -2.24. The van der Waals surface area contributed by atoms with Crippen LogP contribution in [0.1, 0.15) is 49.0 Å². The fourth-order valence-electron chi connectivity index (χ4n) is 4.93. The lowest BCUT2D eigenvalue weighted by atomic mass is 9.79. The van der Waals surface area contributed by atoms with Crippen LogP contribution in [0.5, 0.6) is 0 Å². The van der Waals surface area contributed by atoms with Crippen LogP contribution in [-0.2, 0) is 19.9 Å². The van der Waals surface area contributed by atoms with Crippen LogP contribution in [0.15, 0.2) is 59.4 Å². The van der Waals surface area contributed by atoms with Gasteiger partial charge in [0.05, 0.1) is 0 Å². The van der Waals surface area contributed by atoms with E-state index in [-0.39, 0.29) is 17.5 Å². The van der Waals surface area contributed by atoms with Crippen molar-refractivity contribution in [2.75, 3.05) is 6.26 Å². The van der Waals surface area contributed by atoms with E-state index in [0.29, 0.717) is 6.04 Å². The lowest BCUT2D eigenvalue weighted by Gasteiger charge is -2.31. The van der Waals surface area contributed by atoms with E-state index in [9.17, 15) is 4.79 Å². The molecular formula is C25H31N3OS. The van der Waals surface area contributed by atoms with Crippen LogP contribution in [0.3, 0.4) is 0 Å². The van der Waals surface area contributed by atoms with Gasteiger partial charge in [0.25, 0.3) is 5.56 Å². The molecule has 4 nitrogen and oxygen atoms in total. The van der Waals surface area contributed by atoms with Crippen molar-refractivity contribution in [2.24, 2.45) is 7.05 Å². The number of hydrogen-bond acceptors (Lipinski definition) is 3. The van der Waals surface area contributed by atoms with Crippen molar-refractivity contribution in [1.29, 1.82) is 0 Å². The molecule has 3 aromatic rings. The van der Waals surface area contributed by atoms with Crippen molar-refractivity contribution in [3.8, 4) is 11.1 Å². The number of fused-ring (bicyclic) bond motifs is 1. The topological polar surface area (TPSA) is 39.0 Å². The molecule has 2 aromatic carbocycles. The summed E-state index contributed by atoms with van der Waals surface area (Å²) in [5, 5.41) is 0. The van der Waals surface area contributed by atoms with Gasteiger partial charge in [0, 0.05) is 36.3 Å². The van der Waals surface area contributed by atoms with Gasteiger partial charge in [-0.05, 0) is 56.1 Å². The smallest absolute Gasteiger partial charge is 0.270 e. The molecular weight excluding hydrogens is 390 g/mol. The molecule has 4 rings (SSSR count). The van der Waals surface area contributed by atoms with Crippen LogP contribution in [-0.4, -0.2) is 21.7 Å². The second kappa shape index (κ2) is 8.86. The van der Waals surface area contributed by atoms with Gasteiger partial charge in [-0.15, -0.1) is 0 Å². The van der Waals surface area contributed by atoms with Crippen molar-refractivity contribution >= 4 is 11.9 Å². The largest absolute Gasteiger partial charge is 0.289 e. The maximum Gasteiger partial charge on any atom is 0.270 e. The molecule has 1 aromatic heterocycles. The van der Waals surface area contributed by atoms with E-state index in [1.807, 2.05) is 17.8 Å². The highest BCUT2D eigenvalue weighted by Gasteiger charge is 2.35. The van der Waals surface area contributed by atoms with Gasteiger partial charge in [-0.1, -0.05) is 66.5 Å². The predicted molar refractivity (Wildman–Crippen MR) is 127 cm³/mol.